The van der Waals surface area contributed by atoms with Crippen molar-refractivity contribution in [2.75, 3.05) is 0 Å². The van der Waals surface area contributed by atoms with Gasteiger partial charge in [-0.2, -0.15) is 6.42 Å². The molecule has 0 aromatic rings. The van der Waals surface area contributed by atoms with Gasteiger partial charge < -0.3 is 12.4 Å². The van der Waals surface area contributed by atoms with Crippen molar-refractivity contribution < 1.29 is 27.9 Å². The van der Waals surface area contributed by atoms with Crippen LogP contribution in [0.2, 0.25) is 0 Å². The molecule has 1 nitrogen and oxygen atoms in total. The summed E-state index contributed by atoms with van der Waals surface area (Å²) in [5.41, 5.74) is 0. The van der Waals surface area contributed by atoms with Crippen LogP contribution in [0.5, 0.6) is 0 Å². The van der Waals surface area contributed by atoms with E-state index in [9.17, 15) is 0 Å². The summed E-state index contributed by atoms with van der Waals surface area (Å²) in [5.74, 6) is 0. The fraction of sp³-hybridized carbons (Fsp3) is 0.667. The van der Waals surface area contributed by atoms with Crippen molar-refractivity contribution >= 4 is 0 Å². The summed E-state index contributed by atoms with van der Waals surface area (Å²) in [6, 6.07) is 0. The second kappa shape index (κ2) is 22.3. The predicted molar refractivity (Wildman–Crippen MR) is 17.6 cm³/mol. The van der Waals surface area contributed by atoms with Crippen LogP contribution < -0.4 is 0 Å². The Hall–Kier alpha value is 0.700. The molecule has 0 aliphatic carbocycles. The molecular formula is C3H8NbO-2. The molecule has 33 valence electrons. The summed E-state index contributed by atoms with van der Waals surface area (Å²) >= 11 is 0. The van der Waals surface area contributed by atoms with Gasteiger partial charge in [-0.1, -0.05) is 6.92 Å². The Bertz CT molecular complexity index is 6.85. The van der Waals surface area contributed by atoms with Crippen LogP contribution in [0.1, 0.15) is 13.3 Å². The zero-order chi connectivity index (χ0) is 2.71. The van der Waals surface area contributed by atoms with E-state index in [4.69, 9.17) is 0 Å². The van der Waals surface area contributed by atoms with Crippen molar-refractivity contribution in [1.82, 2.24) is 0 Å². The first-order chi connectivity index (χ1) is 1.41. The molecule has 0 spiro atoms. The molecule has 1 N–H and O–H groups in total. The molecule has 1 radical (unpaired) electrons. The van der Waals surface area contributed by atoms with Crippen molar-refractivity contribution in [2.45, 2.75) is 13.3 Å². The quantitative estimate of drug-likeness (QED) is 0.377. The molecule has 0 amide bonds. The van der Waals surface area contributed by atoms with E-state index in [2.05, 4.69) is 6.92 Å². The first-order valence-corrected chi connectivity index (χ1v) is 1.21. The minimum Gasteiger partial charge on any atom is -0.870 e. The van der Waals surface area contributed by atoms with Gasteiger partial charge in [-0.25, -0.2) is 0 Å². The van der Waals surface area contributed by atoms with E-state index >= 15 is 0 Å². The summed E-state index contributed by atoms with van der Waals surface area (Å²) in [6.07, 6.45) is 1.00. The van der Waals surface area contributed by atoms with E-state index in [1.54, 1.807) is 0 Å². The van der Waals surface area contributed by atoms with E-state index in [-0.39, 0.29) is 27.9 Å². The smallest absolute Gasteiger partial charge is 0 e. The van der Waals surface area contributed by atoms with Crippen molar-refractivity contribution in [1.29, 1.82) is 0 Å². The summed E-state index contributed by atoms with van der Waals surface area (Å²) < 4.78 is 0. The van der Waals surface area contributed by atoms with E-state index in [1.807, 2.05) is 6.92 Å². The predicted octanol–water partition coefficient (Wildman–Crippen LogP) is 1.05. The molecule has 0 saturated heterocycles. The Morgan fingerprint density at radius 1 is 1.60 bits per heavy atom. The van der Waals surface area contributed by atoms with E-state index in [0.29, 0.717) is 0 Å². The largest absolute Gasteiger partial charge is 0.870 e. The number of hydrogen-bond donors (Lipinski definition) is 0. The van der Waals surface area contributed by atoms with Gasteiger partial charge in [0, 0.05) is 22.4 Å². The Morgan fingerprint density at radius 3 is 1.60 bits per heavy atom. The van der Waals surface area contributed by atoms with Crippen LogP contribution in [0.4, 0.5) is 0 Å². The molecule has 0 bridgehead atoms. The fourth-order valence-corrected chi connectivity index (χ4v) is 0. The average molecular weight is 153 g/mol. The van der Waals surface area contributed by atoms with Crippen LogP contribution in [0.15, 0.2) is 0 Å². The molecule has 0 rings (SSSR count). The van der Waals surface area contributed by atoms with Crippen molar-refractivity contribution in [2.24, 2.45) is 0 Å². The minimum absolute atomic E-state index is 0. The average Bonchev–Trinajstić information content (AvgIpc) is 0.918. The third-order valence-electron chi connectivity index (χ3n) is 0. The van der Waals surface area contributed by atoms with Crippen molar-refractivity contribution in [3.63, 3.8) is 0 Å². The van der Waals surface area contributed by atoms with Gasteiger partial charge >= 0.3 is 0 Å². The van der Waals surface area contributed by atoms with Gasteiger partial charge in [-0.05, 0) is 0 Å². The normalized spacial score (nSPS) is 3.60. The zero-order valence-electron chi connectivity index (χ0n) is 3.31. The summed E-state index contributed by atoms with van der Waals surface area (Å²) in [5, 5.41) is 0. The molecule has 0 saturated carbocycles. The minimum atomic E-state index is 0. The number of rotatable bonds is 0. The maximum atomic E-state index is 3.49. The summed E-state index contributed by atoms with van der Waals surface area (Å²) in [4.78, 5) is 0. The van der Waals surface area contributed by atoms with Crippen LogP contribution in [-0.2, 0) is 22.4 Å². The van der Waals surface area contributed by atoms with Crippen molar-refractivity contribution in [3.8, 4) is 0 Å². The van der Waals surface area contributed by atoms with E-state index < -0.39 is 0 Å². The molecule has 0 aromatic carbocycles. The zero-order valence-corrected chi connectivity index (χ0v) is 5.51. The van der Waals surface area contributed by atoms with E-state index in [1.165, 1.54) is 0 Å². The molecule has 0 aromatic heterocycles. The Kier molecular flexibility index (Phi) is 76.9. The topological polar surface area (TPSA) is 30.0 Å². The molecule has 2 heteroatoms. The SMILES string of the molecule is [CH2-]CC.[Nb].[OH-]. The van der Waals surface area contributed by atoms with Gasteiger partial charge in [0.05, 0.1) is 0 Å². The van der Waals surface area contributed by atoms with Crippen LogP contribution in [-0.4, -0.2) is 5.48 Å². The number of hydrogen-bond acceptors (Lipinski definition) is 1. The molecular weight excluding hydrogens is 145 g/mol. The molecule has 5 heavy (non-hydrogen) atoms. The van der Waals surface area contributed by atoms with Crippen LogP contribution in [0.3, 0.4) is 0 Å². The van der Waals surface area contributed by atoms with Crippen molar-refractivity contribution in [3.05, 3.63) is 6.92 Å². The Labute approximate surface area is 48.6 Å². The Morgan fingerprint density at radius 2 is 1.60 bits per heavy atom. The van der Waals surface area contributed by atoms with Crippen LogP contribution in [0.25, 0.3) is 0 Å². The fourth-order valence-electron chi connectivity index (χ4n) is 0. The van der Waals surface area contributed by atoms with Gasteiger partial charge in [0.25, 0.3) is 0 Å². The second-order valence-electron chi connectivity index (χ2n) is 0.500. The third kappa shape index (κ3) is 69.9. The first-order valence-electron chi connectivity index (χ1n) is 1.21. The maximum Gasteiger partial charge on any atom is 0 e. The van der Waals surface area contributed by atoms with Gasteiger partial charge in [0.2, 0.25) is 0 Å². The van der Waals surface area contributed by atoms with Crippen LogP contribution in [0, 0.1) is 6.92 Å². The van der Waals surface area contributed by atoms with Crippen LogP contribution >= 0.6 is 0 Å². The molecule has 0 fully saturated rings. The third-order valence-corrected chi connectivity index (χ3v) is 0. The monoisotopic (exact) mass is 153 g/mol. The standard InChI is InChI=1S/C3H7.Nb.H2O/c1-3-2;;/h1,3H2,2H3;;1H2/q-1;;/p-1. The summed E-state index contributed by atoms with van der Waals surface area (Å²) in [7, 11) is 0. The van der Waals surface area contributed by atoms with E-state index in [0.717, 1.165) is 6.42 Å². The molecule has 0 unspecified atom stereocenters. The Balaban J connectivity index is -0.0000000200. The van der Waals surface area contributed by atoms with Gasteiger partial charge in [0.1, 0.15) is 0 Å². The maximum absolute atomic E-state index is 3.49. The van der Waals surface area contributed by atoms with Gasteiger partial charge in [-0.15, -0.1) is 0 Å². The van der Waals surface area contributed by atoms with Gasteiger partial charge in [-0.3, -0.25) is 0 Å². The molecule has 0 heterocycles. The second-order valence-corrected chi connectivity index (χ2v) is 0.500. The first kappa shape index (κ1) is 17.3. The summed E-state index contributed by atoms with van der Waals surface area (Å²) in [6.45, 7) is 5.50. The molecule has 0 atom stereocenters. The van der Waals surface area contributed by atoms with Gasteiger partial charge in [0.15, 0.2) is 0 Å². The molecule has 0 aliphatic heterocycles. The molecule has 0 aliphatic rings.